The van der Waals surface area contributed by atoms with Crippen LogP contribution in [0.25, 0.3) is 11.3 Å². The number of thiazole rings is 1. The number of anilines is 1. The van der Waals surface area contributed by atoms with Gasteiger partial charge in [0, 0.05) is 10.9 Å². The van der Waals surface area contributed by atoms with E-state index in [-0.39, 0.29) is 0 Å². The van der Waals surface area contributed by atoms with Gasteiger partial charge in [0.15, 0.2) is 0 Å². The zero-order chi connectivity index (χ0) is 13.8. The van der Waals surface area contributed by atoms with Gasteiger partial charge in [0.05, 0.1) is 16.9 Å². The van der Waals surface area contributed by atoms with E-state index in [0.717, 1.165) is 16.8 Å². The molecule has 0 atom stereocenters. The van der Waals surface area contributed by atoms with Crippen LogP contribution in [-0.4, -0.2) is 4.98 Å². The lowest BCUT2D eigenvalue weighted by molar-refractivity contribution is 0.308. The van der Waals surface area contributed by atoms with Crippen molar-refractivity contribution in [1.82, 2.24) is 4.98 Å². The normalized spacial score (nSPS) is 10.4. The van der Waals surface area contributed by atoms with Crippen LogP contribution < -0.4 is 10.5 Å². The highest BCUT2D eigenvalue weighted by Gasteiger charge is 2.05. The molecule has 0 amide bonds. The second kappa shape index (κ2) is 5.75. The molecule has 20 heavy (non-hydrogen) atoms. The van der Waals surface area contributed by atoms with E-state index in [0.29, 0.717) is 18.0 Å². The molecule has 0 spiro atoms. The number of hydrogen-bond acceptors (Lipinski definition) is 4. The minimum absolute atomic E-state index is 0.515. The average Bonchev–Trinajstić information content (AvgIpc) is 3.01. The maximum Gasteiger partial charge on any atom is 0.142 e. The van der Waals surface area contributed by atoms with Gasteiger partial charge in [-0.2, -0.15) is 0 Å². The molecule has 3 aromatic rings. The van der Waals surface area contributed by atoms with Gasteiger partial charge in [-0.3, -0.25) is 0 Å². The fraction of sp³-hybridized carbons (Fsp3) is 0.0625. The third-order valence-corrected chi connectivity index (χ3v) is 3.56. The molecule has 0 saturated carbocycles. The standard InChI is InChI=1S/C16H14N2OS/c17-14-8-13(15-10-20-11-18-15)6-7-16(14)19-9-12-4-2-1-3-5-12/h1-8,10-11H,9,17H2. The second-order valence-corrected chi connectivity index (χ2v) is 5.12. The van der Waals surface area contributed by atoms with Gasteiger partial charge in [0.1, 0.15) is 12.4 Å². The molecule has 3 nitrogen and oxygen atoms in total. The van der Waals surface area contributed by atoms with Crippen molar-refractivity contribution in [2.24, 2.45) is 0 Å². The van der Waals surface area contributed by atoms with Crippen molar-refractivity contribution in [1.29, 1.82) is 0 Å². The number of rotatable bonds is 4. The lowest BCUT2D eigenvalue weighted by Gasteiger charge is -2.10. The summed E-state index contributed by atoms with van der Waals surface area (Å²) in [7, 11) is 0. The summed E-state index contributed by atoms with van der Waals surface area (Å²) in [6.45, 7) is 0.515. The number of nitrogens with zero attached hydrogens (tertiary/aromatic N) is 1. The van der Waals surface area contributed by atoms with Gasteiger partial charge in [0.25, 0.3) is 0 Å². The van der Waals surface area contributed by atoms with E-state index in [1.54, 1.807) is 11.3 Å². The van der Waals surface area contributed by atoms with E-state index in [2.05, 4.69) is 4.98 Å². The smallest absolute Gasteiger partial charge is 0.142 e. The van der Waals surface area contributed by atoms with Gasteiger partial charge in [0.2, 0.25) is 0 Å². The van der Waals surface area contributed by atoms with Crippen LogP contribution in [0.15, 0.2) is 59.4 Å². The molecule has 0 aliphatic carbocycles. The van der Waals surface area contributed by atoms with Crippen molar-refractivity contribution < 1.29 is 4.74 Å². The Morgan fingerprint density at radius 2 is 1.95 bits per heavy atom. The van der Waals surface area contributed by atoms with Gasteiger partial charge in [-0.25, -0.2) is 4.98 Å². The Kier molecular flexibility index (Phi) is 3.65. The lowest BCUT2D eigenvalue weighted by atomic mass is 10.1. The van der Waals surface area contributed by atoms with Crippen LogP contribution in [0.5, 0.6) is 5.75 Å². The molecule has 0 saturated heterocycles. The molecule has 2 N–H and O–H groups in total. The molecule has 0 unspecified atom stereocenters. The topological polar surface area (TPSA) is 48.1 Å². The van der Waals surface area contributed by atoms with Gasteiger partial charge in [-0.15, -0.1) is 11.3 Å². The van der Waals surface area contributed by atoms with E-state index in [1.807, 2.05) is 59.4 Å². The minimum atomic E-state index is 0.515. The predicted molar refractivity (Wildman–Crippen MR) is 82.7 cm³/mol. The van der Waals surface area contributed by atoms with Gasteiger partial charge < -0.3 is 10.5 Å². The Hall–Kier alpha value is -2.33. The fourth-order valence-corrected chi connectivity index (χ4v) is 2.49. The molecule has 0 radical (unpaired) electrons. The summed E-state index contributed by atoms with van der Waals surface area (Å²) in [6, 6.07) is 15.8. The SMILES string of the molecule is Nc1cc(-c2cscn2)ccc1OCc1ccccc1. The first-order valence-corrected chi connectivity index (χ1v) is 7.22. The Morgan fingerprint density at radius 3 is 2.65 bits per heavy atom. The monoisotopic (exact) mass is 282 g/mol. The number of aromatic nitrogens is 1. The first kappa shape index (κ1) is 12.7. The van der Waals surface area contributed by atoms with Gasteiger partial charge in [-0.1, -0.05) is 30.3 Å². The molecule has 100 valence electrons. The Balaban J connectivity index is 1.75. The molecule has 0 fully saturated rings. The van der Waals surface area contributed by atoms with Crippen LogP contribution in [0.2, 0.25) is 0 Å². The third-order valence-electron chi connectivity index (χ3n) is 2.98. The van der Waals surface area contributed by atoms with Crippen LogP contribution in [0.4, 0.5) is 5.69 Å². The Labute approximate surface area is 121 Å². The summed E-state index contributed by atoms with van der Waals surface area (Å²) in [5, 5.41) is 2.00. The van der Waals surface area contributed by atoms with Crippen LogP contribution in [0.3, 0.4) is 0 Å². The van der Waals surface area contributed by atoms with E-state index < -0.39 is 0 Å². The summed E-state index contributed by atoms with van der Waals surface area (Å²) in [5.41, 5.74) is 11.6. The minimum Gasteiger partial charge on any atom is -0.487 e. The van der Waals surface area contributed by atoms with Crippen LogP contribution in [0, 0.1) is 0 Å². The quantitative estimate of drug-likeness (QED) is 0.736. The number of ether oxygens (including phenoxy) is 1. The van der Waals surface area contributed by atoms with Crippen LogP contribution >= 0.6 is 11.3 Å². The molecule has 3 rings (SSSR count). The number of benzene rings is 2. The van der Waals surface area contributed by atoms with Crippen molar-refractivity contribution in [2.75, 3.05) is 5.73 Å². The molecule has 4 heteroatoms. The average molecular weight is 282 g/mol. The van der Waals surface area contributed by atoms with Crippen molar-refractivity contribution in [3.05, 3.63) is 65.0 Å². The molecule has 0 aliphatic heterocycles. The summed E-state index contributed by atoms with van der Waals surface area (Å²) >= 11 is 1.57. The van der Waals surface area contributed by atoms with Crippen molar-refractivity contribution >= 4 is 17.0 Å². The molecule has 1 aromatic heterocycles. The highest BCUT2D eigenvalue weighted by atomic mass is 32.1. The molecule has 0 bridgehead atoms. The third kappa shape index (κ3) is 2.81. The van der Waals surface area contributed by atoms with Gasteiger partial charge >= 0.3 is 0 Å². The molecular formula is C16H14N2OS. The van der Waals surface area contributed by atoms with Crippen molar-refractivity contribution in [3.8, 4) is 17.0 Å². The number of nitrogens with two attached hydrogens (primary N) is 1. The first-order valence-electron chi connectivity index (χ1n) is 6.28. The highest BCUT2D eigenvalue weighted by molar-refractivity contribution is 7.07. The highest BCUT2D eigenvalue weighted by Crippen LogP contribution is 2.28. The summed E-state index contributed by atoms with van der Waals surface area (Å²) in [6.07, 6.45) is 0. The number of hydrogen-bond donors (Lipinski definition) is 1. The number of nitrogen functional groups attached to an aromatic ring is 1. The predicted octanol–water partition coefficient (Wildman–Crippen LogP) is 3.97. The Morgan fingerprint density at radius 1 is 1.10 bits per heavy atom. The zero-order valence-corrected chi connectivity index (χ0v) is 11.6. The molecule has 2 aromatic carbocycles. The molecule has 1 heterocycles. The van der Waals surface area contributed by atoms with Crippen LogP contribution in [-0.2, 0) is 6.61 Å². The summed E-state index contributed by atoms with van der Waals surface area (Å²) < 4.78 is 5.75. The maximum absolute atomic E-state index is 6.04. The van der Waals surface area contributed by atoms with E-state index >= 15 is 0 Å². The van der Waals surface area contributed by atoms with E-state index in [4.69, 9.17) is 10.5 Å². The van der Waals surface area contributed by atoms with Crippen molar-refractivity contribution in [3.63, 3.8) is 0 Å². The lowest BCUT2D eigenvalue weighted by Crippen LogP contribution is -1.98. The first-order chi connectivity index (χ1) is 9.83. The second-order valence-electron chi connectivity index (χ2n) is 4.40. The Bertz CT molecular complexity index is 681. The van der Waals surface area contributed by atoms with Crippen molar-refractivity contribution in [2.45, 2.75) is 6.61 Å². The van der Waals surface area contributed by atoms with Gasteiger partial charge in [-0.05, 0) is 23.8 Å². The summed E-state index contributed by atoms with van der Waals surface area (Å²) in [5.74, 6) is 0.702. The molecular weight excluding hydrogens is 268 g/mol. The molecule has 0 aliphatic rings. The largest absolute Gasteiger partial charge is 0.487 e. The van der Waals surface area contributed by atoms with E-state index in [9.17, 15) is 0 Å². The fourth-order valence-electron chi connectivity index (χ4n) is 1.93. The maximum atomic E-state index is 6.04. The summed E-state index contributed by atoms with van der Waals surface area (Å²) in [4.78, 5) is 4.27. The van der Waals surface area contributed by atoms with Crippen LogP contribution in [0.1, 0.15) is 5.56 Å². The van der Waals surface area contributed by atoms with E-state index in [1.165, 1.54) is 0 Å². The zero-order valence-electron chi connectivity index (χ0n) is 10.8.